The molecule has 0 bridgehead atoms. The van der Waals surface area contributed by atoms with Gasteiger partial charge < -0.3 is 9.47 Å². The van der Waals surface area contributed by atoms with Gasteiger partial charge in [-0.25, -0.2) is 4.68 Å². The van der Waals surface area contributed by atoms with Crippen LogP contribution in [0.2, 0.25) is 5.02 Å². The van der Waals surface area contributed by atoms with Crippen molar-refractivity contribution in [2.45, 2.75) is 6.54 Å². The van der Waals surface area contributed by atoms with Crippen molar-refractivity contribution in [1.82, 2.24) is 30.0 Å². The number of benzene rings is 2. The molecule has 0 N–H and O–H groups in total. The maximum Gasteiger partial charge on any atom is 0.231 e. The van der Waals surface area contributed by atoms with E-state index in [0.717, 1.165) is 21.3 Å². The standard InChI is InChI=1S/C18H12BrClN6O2/c19-13-7-21-25(9-13)14-3-1-2-11(4-14)18-22-24-26(23-18)8-12-5-16-17(6-15(12)20)28-10-27-16/h1-7,9H,8,10H2. The van der Waals surface area contributed by atoms with Crippen molar-refractivity contribution < 1.29 is 9.47 Å². The Bertz CT molecular complexity index is 1170. The van der Waals surface area contributed by atoms with Crippen molar-refractivity contribution in [2.75, 3.05) is 6.79 Å². The lowest BCUT2D eigenvalue weighted by molar-refractivity contribution is 0.174. The minimum Gasteiger partial charge on any atom is -0.454 e. The van der Waals surface area contributed by atoms with Gasteiger partial charge in [0.1, 0.15) is 0 Å². The van der Waals surface area contributed by atoms with Crippen LogP contribution in [0.5, 0.6) is 11.5 Å². The van der Waals surface area contributed by atoms with Gasteiger partial charge in [-0.1, -0.05) is 23.7 Å². The predicted octanol–water partition coefficient (Wildman–Crippen LogP) is 3.72. The van der Waals surface area contributed by atoms with Gasteiger partial charge in [0.05, 0.1) is 22.9 Å². The van der Waals surface area contributed by atoms with Crippen molar-refractivity contribution in [3.63, 3.8) is 0 Å². The van der Waals surface area contributed by atoms with Crippen LogP contribution in [0, 0.1) is 0 Å². The molecule has 0 spiro atoms. The van der Waals surface area contributed by atoms with Crippen LogP contribution in [-0.2, 0) is 6.54 Å². The van der Waals surface area contributed by atoms with E-state index in [0.29, 0.717) is 28.9 Å². The summed E-state index contributed by atoms with van der Waals surface area (Å²) in [6.07, 6.45) is 3.61. The van der Waals surface area contributed by atoms with Crippen molar-refractivity contribution >= 4 is 27.5 Å². The zero-order chi connectivity index (χ0) is 19.1. The molecule has 3 heterocycles. The molecule has 4 aromatic rings. The van der Waals surface area contributed by atoms with Crippen LogP contribution in [0.3, 0.4) is 0 Å². The zero-order valence-electron chi connectivity index (χ0n) is 14.3. The highest BCUT2D eigenvalue weighted by atomic mass is 79.9. The number of tetrazole rings is 1. The lowest BCUT2D eigenvalue weighted by Crippen LogP contribution is -2.04. The number of hydrogen-bond acceptors (Lipinski definition) is 6. The van der Waals surface area contributed by atoms with Crippen molar-refractivity contribution in [3.05, 3.63) is 63.9 Å². The number of halogens is 2. The van der Waals surface area contributed by atoms with Gasteiger partial charge in [-0.3, -0.25) is 0 Å². The summed E-state index contributed by atoms with van der Waals surface area (Å²) in [7, 11) is 0. The first-order valence-corrected chi connectivity index (χ1v) is 9.49. The lowest BCUT2D eigenvalue weighted by Gasteiger charge is -2.05. The number of fused-ring (bicyclic) bond motifs is 1. The molecule has 0 saturated carbocycles. The molecular weight excluding hydrogens is 448 g/mol. The molecule has 0 aliphatic carbocycles. The number of ether oxygens (including phenoxy) is 2. The minimum absolute atomic E-state index is 0.198. The second-order valence-corrected chi connectivity index (χ2v) is 7.42. The van der Waals surface area contributed by atoms with E-state index in [2.05, 4.69) is 36.4 Å². The van der Waals surface area contributed by atoms with Gasteiger partial charge in [-0.2, -0.15) is 9.90 Å². The molecule has 0 atom stereocenters. The molecule has 1 aliphatic rings. The molecule has 1 aliphatic heterocycles. The van der Waals surface area contributed by atoms with Crippen LogP contribution >= 0.6 is 27.5 Å². The average Bonchev–Trinajstić information content (AvgIpc) is 3.43. The molecule has 28 heavy (non-hydrogen) atoms. The van der Waals surface area contributed by atoms with Gasteiger partial charge in [-0.15, -0.1) is 10.2 Å². The van der Waals surface area contributed by atoms with Crippen molar-refractivity contribution in [2.24, 2.45) is 0 Å². The Morgan fingerprint density at radius 3 is 2.82 bits per heavy atom. The first kappa shape index (κ1) is 17.2. The normalized spacial score (nSPS) is 12.5. The quantitative estimate of drug-likeness (QED) is 0.463. The van der Waals surface area contributed by atoms with E-state index >= 15 is 0 Å². The van der Waals surface area contributed by atoms with E-state index < -0.39 is 0 Å². The summed E-state index contributed by atoms with van der Waals surface area (Å²) >= 11 is 9.74. The predicted molar refractivity (Wildman–Crippen MR) is 105 cm³/mol. The van der Waals surface area contributed by atoms with Gasteiger partial charge in [0.25, 0.3) is 0 Å². The summed E-state index contributed by atoms with van der Waals surface area (Å²) in [5.41, 5.74) is 2.57. The molecule has 140 valence electrons. The van der Waals surface area contributed by atoms with Gasteiger partial charge in [0, 0.05) is 22.8 Å². The topological polar surface area (TPSA) is 79.9 Å². The Kier molecular flexibility index (Phi) is 4.25. The summed E-state index contributed by atoms with van der Waals surface area (Å²) in [6.45, 7) is 0.568. The number of rotatable bonds is 4. The first-order chi connectivity index (χ1) is 13.7. The second-order valence-electron chi connectivity index (χ2n) is 6.09. The molecular formula is C18H12BrClN6O2. The van der Waals surface area contributed by atoms with Crippen LogP contribution in [0.1, 0.15) is 5.56 Å². The van der Waals surface area contributed by atoms with E-state index in [1.54, 1.807) is 16.9 Å². The fourth-order valence-electron chi connectivity index (χ4n) is 2.89. The zero-order valence-corrected chi connectivity index (χ0v) is 16.6. The van der Waals surface area contributed by atoms with Crippen LogP contribution in [-0.4, -0.2) is 36.8 Å². The molecule has 0 fully saturated rings. The fraction of sp³-hybridized carbons (Fsp3) is 0.111. The largest absolute Gasteiger partial charge is 0.454 e. The molecule has 0 saturated heterocycles. The Morgan fingerprint density at radius 2 is 2.00 bits per heavy atom. The van der Waals surface area contributed by atoms with Crippen LogP contribution in [0.15, 0.2) is 53.3 Å². The highest BCUT2D eigenvalue weighted by molar-refractivity contribution is 9.10. The molecule has 0 radical (unpaired) electrons. The molecule has 0 unspecified atom stereocenters. The molecule has 2 aromatic heterocycles. The second kappa shape index (κ2) is 6.92. The first-order valence-electron chi connectivity index (χ1n) is 8.32. The van der Waals surface area contributed by atoms with Crippen molar-refractivity contribution in [1.29, 1.82) is 0 Å². The molecule has 2 aromatic carbocycles. The van der Waals surface area contributed by atoms with E-state index in [4.69, 9.17) is 21.1 Å². The maximum atomic E-state index is 6.33. The SMILES string of the molecule is Clc1cc2c(cc1Cn1nnc(-c3cccc(-n4cc(Br)cn4)c3)n1)OCO2. The van der Waals surface area contributed by atoms with Crippen LogP contribution < -0.4 is 9.47 Å². The Hall–Kier alpha value is -2.91. The Morgan fingerprint density at radius 1 is 1.14 bits per heavy atom. The minimum atomic E-state index is 0.198. The molecule has 8 nitrogen and oxygen atoms in total. The Labute approximate surface area is 172 Å². The highest BCUT2D eigenvalue weighted by Gasteiger charge is 2.17. The van der Waals surface area contributed by atoms with Crippen LogP contribution in [0.4, 0.5) is 0 Å². The number of nitrogens with zero attached hydrogens (tertiary/aromatic N) is 6. The van der Waals surface area contributed by atoms with E-state index in [9.17, 15) is 0 Å². The van der Waals surface area contributed by atoms with Crippen LogP contribution in [0.25, 0.3) is 17.1 Å². The Balaban J connectivity index is 1.41. The third kappa shape index (κ3) is 3.23. The van der Waals surface area contributed by atoms with E-state index in [1.807, 2.05) is 36.5 Å². The molecule has 10 heteroatoms. The maximum absolute atomic E-state index is 6.33. The fourth-order valence-corrected chi connectivity index (χ4v) is 3.39. The summed E-state index contributed by atoms with van der Waals surface area (Å²) in [6, 6.07) is 11.3. The van der Waals surface area contributed by atoms with Crippen molar-refractivity contribution in [3.8, 4) is 28.6 Å². The third-order valence-electron chi connectivity index (χ3n) is 4.23. The summed E-state index contributed by atoms with van der Waals surface area (Å²) in [5, 5.41) is 17.6. The monoisotopic (exact) mass is 458 g/mol. The number of aromatic nitrogens is 6. The highest BCUT2D eigenvalue weighted by Crippen LogP contribution is 2.37. The van der Waals surface area contributed by atoms with Gasteiger partial charge in [0.15, 0.2) is 11.5 Å². The van der Waals surface area contributed by atoms with Gasteiger partial charge in [-0.05, 0) is 44.9 Å². The average molecular weight is 460 g/mol. The lowest BCUT2D eigenvalue weighted by atomic mass is 10.2. The summed E-state index contributed by atoms with van der Waals surface area (Å²) in [4.78, 5) is 1.50. The smallest absolute Gasteiger partial charge is 0.231 e. The van der Waals surface area contributed by atoms with Gasteiger partial charge in [0.2, 0.25) is 12.6 Å². The molecule has 5 rings (SSSR count). The summed E-state index contributed by atoms with van der Waals surface area (Å²) in [5.74, 6) is 1.82. The third-order valence-corrected chi connectivity index (χ3v) is 4.99. The van der Waals surface area contributed by atoms with E-state index in [1.165, 1.54) is 4.80 Å². The molecule has 0 amide bonds. The van der Waals surface area contributed by atoms with Gasteiger partial charge >= 0.3 is 0 Å². The number of hydrogen-bond donors (Lipinski definition) is 0. The van der Waals surface area contributed by atoms with E-state index in [-0.39, 0.29) is 6.79 Å². The summed E-state index contributed by atoms with van der Waals surface area (Å²) < 4.78 is 13.4.